The van der Waals surface area contributed by atoms with Gasteiger partial charge in [0.2, 0.25) is 0 Å². The molecule has 7 aromatic rings. The SMILES string of the molecule is CCc1c(-c2ccc(C(F)(F)F)cc2)c(N2c3ccccc3Oc3ccccc32)c(CC)c(N2c3ccccc3Oc3ccccc32)c1-c1ccc(C(F)(F)F)cc1. The molecule has 0 N–H and O–H groups in total. The zero-order valence-electron chi connectivity index (χ0n) is 31.2. The number of halogens is 6. The number of ether oxygens (including phenoxy) is 2. The molecule has 0 amide bonds. The Labute approximate surface area is 331 Å². The Bertz CT molecular complexity index is 2420. The van der Waals surface area contributed by atoms with E-state index >= 15 is 0 Å². The van der Waals surface area contributed by atoms with Gasteiger partial charge in [-0.2, -0.15) is 26.3 Å². The van der Waals surface area contributed by atoms with Crippen molar-refractivity contribution in [3.05, 3.63) is 168 Å². The molecule has 0 saturated heterocycles. The van der Waals surface area contributed by atoms with Gasteiger partial charge in [0.25, 0.3) is 0 Å². The van der Waals surface area contributed by atoms with Crippen LogP contribution in [0, 0.1) is 0 Å². The first-order valence-electron chi connectivity index (χ1n) is 18.9. The molecule has 7 aromatic carbocycles. The van der Waals surface area contributed by atoms with Crippen LogP contribution in [0.2, 0.25) is 0 Å². The van der Waals surface area contributed by atoms with Gasteiger partial charge in [0.15, 0.2) is 23.0 Å². The van der Waals surface area contributed by atoms with Crippen molar-refractivity contribution < 1.29 is 35.8 Å². The third-order valence-electron chi connectivity index (χ3n) is 10.7. The third-order valence-corrected chi connectivity index (χ3v) is 10.7. The summed E-state index contributed by atoms with van der Waals surface area (Å²) >= 11 is 0. The standard InChI is InChI=1S/C48H34F6N2O2/c1-3-33-43(29-21-25-31(26-22-29)47(49,50)51)45(55-35-13-5-9-17-39(35)57-40-18-10-6-14-36(40)55)34(4-2)46(44(33)30-23-27-32(28-24-30)48(52,53)54)56-37-15-7-11-19-41(37)58-42-20-12-8-16-38(42)56/h5-28H,3-4H2,1-2H3. The van der Waals surface area contributed by atoms with Crippen molar-refractivity contribution in [1.82, 2.24) is 0 Å². The molecule has 4 nitrogen and oxygen atoms in total. The van der Waals surface area contributed by atoms with E-state index in [2.05, 4.69) is 9.80 Å². The second-order valence-electron chi connectivity index (χ2n) is 14.0. The van der Waals surface area contributed by atoms with Crippen LogP contribution >= 0.6 is 0 Å². The van der Waals surface area contributed by atoms with Gasteiger partial charge >= 0.3 is 12.4 Å². The minimum atomic E-state index is -4.57. The highest BCUT2D eigenvalue weighted by molar-refractivity contribution is 6.06. The van der Waals surface area contributed by atoms with Crippen molar-refractivity contribution in [2.75, 3.05) is 9.80 Å². The summed E-state index contributed by atoms with van der Waals surface area (Å²) in [5.74, 6) is 2.32. The number of nitrogens with zero attached hydrogens (tertiary/aromatic N) is 2. The first-order valence-corrected chi connectivity index (χ1v) is 18.9. The number of anilines is 6. The molecule has 0 unspecified atom stereocenters. The molecule has 0 spiro atoms. The van der Waals surface area contributed by atoms with Crippen molar-refractivity contribution >= 4 is 34.1 Å². The summed E-state index contributed by atoms with van der Waals surface area (Å²) in [4.78, 5) is 4.22. The lowest BCUT2D eigenvalue weighted by Crippen LogP contribution is -2.23. The van der Waals surface area contributed by atoms with Gasteiger partial charge in [0.1, 0.15) is 0 Å². The fourth-order valence-corrected chi connectivity index (χ4v) is 8.17. The Kier molecular flexibility index (Phi) is 8.95. The fourth-order valence-electron chi connectivity index (χ4n) is 8.17. The number of hydrogen-bond donors (Lipinski definition) is 0. The lowest BCUT2D eigenvalue weighted by atomic mass is 9.82. The maximum Gasteiger partial charge on any atom is 0.416 e. The van der Waals surface area contributed by atoms with E-state index in [1.807, 2.05) is 111 Å². The first kappa shape index (κ1) is 36.9. The Morgan fingerprint density at radius 1 is 0.397 bits per heavy atom. The molecular formula is C48H34F6N2O2. The summed E-state index contributed by atoms with van der Waals surface area (Å²) in [6.07, 6.45) is -8.38. The lowest BCUT2D eigenvalue weighted by molar-refractivity contribution is -0.138. The molecule has 9 rings (SSSR count). The maximum atomic E-state index is 14.1. The number of para-hydroxylation sites is 8. The minimum absolute atomic E-state index is 0.359. The van der Waals surface area contributed by atoms with Crippen LogP contribution in [-0.4, -0.2) is 0 Å². The van der Waals surface area contributed by atoms with Gasteiger partial charge < -0.3 is 19.3 Å². The van der Waals surface area contributed by atoms with Crippen LogP contribution in [0.3, 0.4) is 0 Å². The first-order chi connectivity index (χ1) is 28.0. The van der Waals surface area contributed by atoms with Crippen molar-refractivity contribution in [3.63, 3.8) is 0 Å². The van der Waals surface area contributed by atoms with Crippen LogP contribution < -0.4 is 19.3 Å². The summed E-state index contributed by atoms with van der Waals surface area (Å²) in [7, 11) is 0. The quantitative estimate of drug-likeness (QED) is 0.157. The summed E-state index contributed by atoms with van der Waals surface area (Å²) in [6, 6.07) is 40.6. The zero-order chi connectivity index (χ0) is 40.3. The summed E-state index contributed by atoms with van der Waals surface area (Å²) < 4.78 is 97.3. The Balaban J connectivity index is 1.49. The molecule has 10 heteroatoms. The normalized spacial score (nSPS) is 13.2. The molecule has 0 bridgehead atoms. The minimum Gasteiger partial charge on any atom is -0.453 e. The maximum absolute atomic E-state index is 14.1. The van der Waals surface area contributed by atoms with Gasteiger partial charge in [-0.05, 0) is 102 Å². The van der Waals surface area contributed by atoms with Crippen LogP contribution in [0.25, 0.3) is 22.3 Å². The smallest absolute Gasteiger partial charge is 0.416 e. The van der Waals surface area contributed by atoms with Gasteiger partial charge in [-0.1, -0.05) is 86.6 Å². The van der Waals surface area contributed by atoms with E-state index in [0.29, 0.717) is 92.2 Å². The van der Waals surface area contributed by atoms with Crippen molar-refractivity contribution in [3.8, 4) is 45.3 Å². The monoisotopic (exact) mass is 784 g/mol. The molecular weight excluding hydrogens is 751 g/mol. The molecule has 0 radical (unpaired) electrons. The van der Waals surface area contributed by atoms with Gasteiger partial charge in [0.05, 0.1) is 45.3 Å². The van der Waals surface area contributed by atoms with E-state index in [4.69, 9.17) is 9.47 Å². The number of fused-ring (bicyclic) bond motifs is 4. The fraction of sp³-hybridized carbons (Fsp3) is 0.125. The van der Waals surface area contributed by atoms with Crippen LogP contribution in [0.1, 0.15) is 36.1 Å². The van der Waals surface area contributed by atoms with E-state index in [1.54, 1.807) is 0 Å². The van der Waals surface area contributed by atoms with Gasteiger partial charge in [-0.15, -0.1) is 0 Å². The third kappa shape index (κ3) is 6.11. The molecule has 0 aromatic heterocycles. The predicted molar refractivity (Wildman–Crippen MR) is 216 cm³/mol. The topological polar surface area (TPSA) is 24.9 Å². The van der Waals surface area contributed by atoms with E-state index in [9.17, 15) is 26.3 Å². The zero-order valence-corrected chi connectivity index (χ0v) is 31.2. The molecule has 2 aliphatic heterocycles. The average molecular weight is 785 g/mol. The summed E-state index contributed by atoms with van der Waals surface area (Å²) in [5.41, 5.74) is 6.49. The van der Waals surface area contributed by atoms with Gasteiger partial charge in [-0.25, -0.2) is 0 Å². The summed E-state index contributed by atoms with van der Waals surface area (Å²) in [5, 5.41) is 0. The molecule has 58 heavy (non-hydrogen) atoms. The highest BCUT2D eigenvalue weighted by Crippen LogP contribution is 2.61. The van der Waals surface area contributed by atoms with Crippen molar-refractivity contribution in [2.45, 2.75) is 39.0 Å². The molecule has 2 heterocycles. The largest absolute Gasteiger partial charge is 0.453 e. The molecule has 0 saturated carbocycles. The van der Waals surface area contributed by atoms with Crippen LogP contribution in [0.15, 0.2) is 146 Å². The highest BCUT2D eigenvalue weighted by Gasteiger charge is 2.38. The number of alkyl halides is 6. The molecule has 2 aliphatic rings. The van der Waals surface area contributed by atoms with E-state index in [1.165, 1.54) is 24.3 Å². The predicted octanol–water partition coefficient (Wildman–Crippen LogP) is 15.3. The molecule has 0 aliphatic carbocycles. The Hall–Kier alpha value is -6.68. The number of benzene rings is 7. The average Bonchev–Trinajstić information content (AvgIpc) is 3.23. The van der Waals surface area contributed by atoms with Crippen molar-refractivity contribution in [1.29, 1.82) is 0 Å². The molecule has 290 valence electrons. The van der Waals surface area contributed by atoms with E-state index < -0.39 is 23.5 Å². The summed E-state index contributed by atoms with van der Waals surface area (Å²) in [6.45, 7) is 3.97. The number of rotatable bonds is 6. The highest BCUT2D eigenvalue weighted by atomic mass is 19.4. The van der Waals surface area contributed by atoms with Crippen molar-refractivity contribution in [2.24, 2.45) is 0 Å². The van der Waals surface area contributed by atoms with Gasteiger partial charge in [0, 0.05) is 16.7 Å². The van der Waals surface area contributed by atoms with Crippen LogP contribution in [-0.2, 0) is 25.2 Å². The molecule has 0 fully saturated rings. The lowest BCUT2D eigenvalue weighted by Gasteiger charge is -2.41. The van der Waals surface area contributed by atoms with Crippen LogP contribution in [0.5, 0.6) is 23.0 Å². The van der Waals surface area contributed by atoms with E-state index in [-0.39, 0.29) is 0 Å². The second kappa shape index (κ2) is 14.1. The second-order valence-corrected chi connectivity index (χ2v) is 14.0. The Morgan fingerprint density at radius 3 is 0.966 bits per heavy atom. The van der Waals surface area contributed by atoms with E-state index in [0.717, 1.165) is 35.4 Å². The molecule has 0 atom stereocenters. The Morgan fingerprint density at radius 2 is 0.690 bits per heavy atom. The van der Waals surface area contributed by atoms with Gasteiger partial charge in [-0.3, -0.25) is 0 Å². The van der Waals surface area contributed by atoms with Crippen LogP contribution in [0.4, 0.5) is 60.5 Å². The number of hydrogen-bond acceptors (Lipinski definition) is 4.